The summed E-state index contributed by atoms with van der Waals surface area (Å²) in [6.07, 6.45) is 0. The van der Waals surface area contributed by atoms with E-state index in [-0.39, 0.29) is 0 Å². The van der Waals surface area contributed by atoms with Gasteiger partial charge in [-0.3, -0.25) is 9.80 Å². The third kappa shape index (κ3) is 2.10. The molecule has 82 valence electrons. The molecule has 0 aliphatic carbocycles. The van der Waals surface area contributed by atoms with E-state index >= 15 is 0 Å². The molecule has 2 fully saturated rings. The Balaban J connectivity index is 1.96. The van der Waals surface area contributed by atoms with Crippen molar-refractivity contribution >= 4 is 0 Å². The van der Waals surface area contributed by atoms with Crippen LogP contribution in [-0.4, -0.2) is 60.8 Å². The van der Waals surface area contributed by atoms with Crippen LogP contribution < -0.4 is 0 Å². The zero-order valence-corrected chi connectivity index (χ0v) is 9.62. The molecule has 2 aliphatic heterocycles. The average molecular weight is 198 g/mol. The van der Waals surface area contributed by atoms with Crippen molar-refractivity contribution in [3.05, 3.63) is 0 Å². The van der Waals surface area contributed by atoms with E-state index in [1.807, 2.05) is 0 Å². The minimum Gasteiger partial charge on any atom is -0.378 e. The third-order valence-electron chi connectivity index (χ3n) is 3.39. The first-order chi connectivity index (χ1) is 6.57. The Morgan fingerprint density at radius 3 is 2.64 bits per heavy atom. The highest BCUT2D eigenvalue weighted by Gasteiger charge is 2.33. The first kappa shape index (κ1) is 10.4. The first-order valence-electron chi connectivity index (χ1n) is 5.64. The van der Waals surface area contributed by atoms with E-state index in [1.165, 1.54) is 19.6 Å². The first-order valence-corrected chi connectivity index (χ1v) is 5.64. The van der Waals surface area contributed by atoms with Gasteiger partial charge in [-0.1, -0.05) is 0 Å². The van der Waals surface area contributed by atoms with Crippen LogP contribution in [0.15, 0.2) is 0 Å². The van der Waals surface area contributed by atoms with Crippen molar-refractivity contribution < 1.29 is 4.74 Å². The summed E-state index contributed by atoms with van der Waals surface area (Å²) in [4.78, 5) is 5.15. The third-order valence-corrected chi connectivity index (χ3v) is 3.39. The fourth-order valence-corrected chi connectivity index (χ4v) is 2.36. The van der Waals surface area contributed by atoms with E-state index in [2.05, 4.69) is 30.6 Å². The molecule has 1 atom stereocenters. The molecule has 2 saturated heterocycles. The lowest BCUT2D eigenvalue weighted by Crippen LogP contribution is -2.61. The summed E-state index contributed by atoms with van der Waals surface area (Å²) in [6, 6.07) is 0.636. The van der Waals surface area contributed by atoms with Gasteiger partial charge in [0.2, 0.25) is 0 Å². The molecule has 3 nitrogen and oxygen atoms in total. The molecule has 0 saturated carbocycles. The van der Waals surface area contributed by atoms with Crippen molar-refractivity contribution in [3.63, 3.8) is 0 Å². The Labute approximate surface area is 87.0 Å². The topological polar surface area (TPSA) is 15.7 Å². The fourth-order valence-electron chi connectivity index (χ4n) is 2.36. The molecule has 0 spiro atoms. The average Bonchev–Trinajstić information content (AvgIpc) is 2.16. The molecule has 0 aromatic rings. The van der Waals surface area contributed by atoms with Crippen LogP contribution in [0.1, 0.15) is 20.8 Å². The number of hydrogen-bond acceptors (Lipinski definition) is 3. The molecule has 0 aromatic carbocycles. The van der Waals surface area contributed by atoms with Gasteiger partial charge in [-0.05, 0) is 20.8 Å². The van der Waals surface area contributed by atoms with Crippen LogP contribution in [0.2, 0.25) is 0 Å². The van der Waals surface area contributed by atoms with Gasteiger partial charge in [-0.25, -0.2) is 0 Å². The van der Waals surface area contributed by atoms with Gasteiger partial charge in [-0.15, -0.1) is 0 Å². The molecule has 0 unspecified atom stereocenters. The Bertz CT molecular complexity index is 200. The minimum atomic E-state index is 0.309. The predicted octanol–water partition coefficient (Wildman–Crippen LogP) is 0.801. The van der Waals surface area contributed by atoms with Gasteiger partial charge in [0.25, 0.3) is 0 Å². The van der Waals surface area contributed by atoms with Crippen LogP contribution in [-0.2, 0) is 4.74 Å². The number of morpholine rings is 1. The molecule has 0 N–H and O–H groups in total. The standard InChI is InChI=1S/C11H22N2O/c1-11(2,3)13-5-4-12-6-7-14-9-10(12)8-13/h10H,4-9H2,1-3H3/t10-/m0/s1. The second-order valence-electron chi connectivity index (χ2n) is 5.38. The molecule has 2 aliphatic rings. The summed E-state index contributed by atoms with van der Waals surface area (Å²) in [6.45, 7) is 13.5. The van der Waals surface area contributed by atoms with Gasteiger partial charge in [0.1, 0.15) is 0 Å². The maximum Gasteiger partial charge on any atom is 0.0634 e. The maximum absolute atomic E-state index is 5.53. The van der Waals surface area contributed by atoms with Crippen molar-refractivity contribution in [2.75, 3.05) is 39.4 Å². The summed E-state index contributed by atoms with van der Waals surface area (Å²) >= 11 is 0. The smallest absolute Gasteiger partial charge is 0.0634 e. The highest BCUT2D eigenvalue weighted by Crippen LogP contribution is 2.20. The van der Waals surface area contributed by atoms with E-state index in [0.717, 1.165) is 19.8 Å². The molecule has 14 heavy (non-hydrogen) atoms. The molecule has 2 heterocycles. The van der Waals surface area contributed by atoms with Gasteiger partial charge < -0.3 is 4.74 Å². The van der Waals surface area contributed by atoms with E-state index in [4.69, 9.17) is 4.74 Å². The Hall–Kier alpha value is -0.120. The zero-order valence-electron chi connectivity index (χ0n) is 9.62. The lowest BCUT2D eigenvalue weighted by Gasteiger charge is -2.48. The van der Waals surface area contributed by atoms with Gasteiger partial charge in [0.15, 0.2) is 0 Å². The predicted molar refractivity (Wildman–Crippen MR) is 57.5 cm³/mol. The molecular formula is C11H22N2O. The van der Waals surface area contributed by atoms with Gasteiger partial charge in [-0.2, -0.15) is 0 Å². The van der Waals surface area contributed by atoms with Crippen LogP contribution in [0.3, 0.4) is 0 Å². The second kappa shape index (κ2) is 3.80. The van der Waals surface area contributed by atoms with Gasteiger partial charge in [0, 0.05) is 37.8 Å². The molecule has 0 amide bonds. The minimum absolute atomic E-state index is 0.309. The number of piperazine rings is 1. The molecule has 3 heteroatoms. The quantitative estimate of drug-likeness (QED) is 0.572. The highest BCUT2D eigenvalue weighted by molar-refractivity contribution is 4.89. The number of rotatable bonds is 0. The summed E-state index contributed by atoms with van der Waals surface area (Å²) in [5, 5.41) is 0. The molecular weight excluding hydrogens is 176 g/mol. The number of nitrogens with zero attached hydrogens (tertiary/aromatic N) is 2. The van der Waals surface area contributed by atoms with E-state index in [1.54, 1.807) is 0 Å². The molecule has 0 radical (unpaired) electrons. The number of fused-ring (bicyclic) bond motifs is 1. The summed E-state index contributed by atoms with van der Waals surface area (Å²) in [5.41, 5.74) is 0.309. The van der Waals surface area contributed by atoms with Crippen LogP contribution >= 0.6 is 0 Å². The Morgan fingerprint density at radius 1 is 1.14 bits per heavy atom. The lowest BCUT2D eigenvalue weighted by atomic mass is 10.0. The molecule has 0 bridgehead atoms. The van der Waals surface area contributed by atoms with Crippen LogP contribution in [0.5, 0.6) is 0 Å². The van der Waals surface area contributed by atoms with Crippen molar-refractivity contribution in [2.24, 2.45) is 0 Å². The van der Waals surface area contributed by atoms with Crippen molar-refractivity contribution in [3.8, 4) is 0 Å². The number of ether oxygens (including phenoxy) is 1. The highest BCUT2D eigenvalue weighted by atomic mass is 16.5. The summed E-state index contributed by atoms with van der Waals surface area (Å²) in [5.74, 6) is 0. The Kier molecular flexibility index (Phi) is 2.82. The van der Waals surface area contributed by atoms with Gasteiger partial charge >= 0.3 is 0 Å². The van der Waals surface area contributed by atoms with Crippen molar-refractivity contribution in [2.45, 2.75) is 32.4 Å². The zero-order chi connectivity index (χ0) is 10.2. The van der Waals surface area contributed by atoms with E-state index in [9.17, 15) is 0 Å². The fraction of sp³-hybridized carbons (Fsp3) is 1.00. The maximum atomic E-state index is 5.53. The van der Waals surface area contributed by atoms with Crippen LogP contribution in [0, 0.1) is 0 Å². The van der Waals surface area contributed by atoms with Gasteiger partial charge in [0.05, 0.1) is 13.2 Å². The van der Waals surface area contributed by atoms with E-state index < -0.39 is 0 Å². The molecule has 2 rings (SSSR count). The van der Waals surface area contributed by atoms with Crippen molar-refractivity contribution in [1.29, 1.82) is 0 Å². The van der Waals surface area contributed by atoms with Crippen LogP contribution in [0.25, 0.3) is 0 Å². The van der Waals surface area contributed by atoms with Crippen LogP contribution in [0.4, 0.5) is 0 Å². The largest absolute Gasteiger partial charge is 0.378 e. The molecule has 0 aromatic heterocycles. The summed E-state index contributed by atoms with van der Waals surface area (Å²) < 4.78 is 5.53. The van der Waals surface area contributed by atoms with E-state index in [0.29, 0.717) is 11.6 Å². The number of hydrogen-bond donors (Lipinski definition) is 0. The monoisotopic (exact) mass is 198 g/mol. The normalized spacial score (nSPS) is 31.5. The second-order valence-corrected chi connectivity index (χ2v) is 5.38. The van der Waals surface area contributed by atoms with Crippen molar-refractivity contribution in [1.82, 2.24) is 9.80 Å². The summed E-state index contributed by atoms with van der Waals surface area (Å²) in [7, 11) is 0. The SMILES string of the molecule is CC(C)(C)N1CCN2CCOC[C@@H]2C1. The lowest BCUT2D eigenvalue weighted by molar-refractivity contribution is -0.0620. The Morgan fingerprint density at radius 2 is 1.93 bits per heavy atom.